The Morgan fingerprint density at radius 2 is 1.65 bits per heavy atom. The Hall–Kier alpha value is -0.550. The van der Waals surface area contributed by atoms with E-state index in [0.717, 1.165) is 24.2 Å². The molecule has 0 aromatic carbocycles. The van der Waals surface area contributed by atoms with E-state index in [0.29, 0.717) is 11.8 Å². The molecule has 0 aromatic heterocycles. The zero-order chi connectivity index (χ0) is 11.9. The van der Waals surface area contributed by atoms with Gasteiger partial charge >= 0.3 is 0 Å². The van der Waals surface area contributed by atoms with Crippen molar-refractivity contribution < 1.29 is 5.11 Å². The SMILES string of the molecule is N#CCC(O)CCC12CC3CC(CC(C3)C1)C2. The summed E-state index contributed by atoms with van der Waals surface area (Å²) in [6, 6.07) is 2.08. The van der Waals surface area contributed by atoms with E-state index in [9.17, 15) is 5.11 Å². The van der Waals surface area contributed by atoms with Crippen LogP contribution in [-0.4, -0.2) is 11.2 Å². The second-order valence-corrected chi connectivity index (χ2v) is 6.97. The van der Waals surface area contributed by atoms with E-state index >= 15 is 0 Å². The first-order valence-electron chi connectivity index (χ1n) is 7.24. The molecule has 4 saturated carbocycles. The Morgan fingerprint density at radius 1 is 1.12 bits per heavy atom. The minimum atomic E-state index is -0.381. The fourth-order valence-electron chi connectivity index (χ4n) is 5.28. The highest BCUT2D eigenvalue weighted by Gasteiger charge is 2.50. The summed E-state index contributed by atoms with van der Waals surface area (Å²) >= 11 is 0. The van der Waals surface area contributed by atoms with Gasteiger partial charge in [0.2, 0.25) is 0 Å². The van der Waals surface area contributed by atoms with Crippen LogP contribution in [0.2, 0.25) is 0 Å². The maximum absolute atomic E-state index is 9.73. The molecule has 0 aliphatic heterocycles. The van der Waals surface area contributed by atoms with E-state index < -0.39 is 0 Å². The highest BCUT2D eigenvalue weighted by Crippen LogP contribution is 2.61. The average molecular weight is 233 g/mol. The molecule has 0 amide bonds. The first-order chi connectivity index (χ1) is 8.19. The monoisotopic (exact) mass is 233 g/mol. The molecule has 4 rings (SSSR count). The standard InChI is InChI=1S/C15H23NO/c16-4-2-14(17)1-3-15-8-11-5-12(9-15)7-13(6-11)10-15/h11-14,17H,1-3,5-10H2. The number of rotatable bonds is 4. The molecule has 1 unspecified atom stereocenters. The number of hydrogen-bond donors (Lipinski definition) is 1. The summed E-state index contributed by atoms with van der Waals surface area (Å²) in [6.45, 7) is 0. The molecule has 4 fully saturated rings. The smallest absolute Gasteiger partial charge is 0.0670 e. The van der Waals surface area contributed by atoms with Crippen LogP contribution in [0.1, 0.15) is 57.8 Å². The topological polar surface area (TPSA) is 44.0 Å². The van der Waals surface area contributed by atoms with Crippen molar-refractivity contribution in [1.29, 1.82) is 5.26 Å². The lowest BCUT2D eigenvalue weighted by Crippen LogP contribution is -2.46. The van der Waals surface area contributed by atoms with Crippen LogP contribution < -0.4 is 0 Å². The Labute approximate surface area is 104 Å². The van der Waals surface area contributed by atoms with E-state index in [2.05, 4.69) is 6.07 Å². The summed E-state index contributed by atoms with van der Waals surface area (Å²) in [6.07, 6.45) is 10.6. The minimum absolute atomic E-state index is 0.312. The van der Waals surface area contributed by atoms with Gasteiger partial charge in [0.25, 0.3) is 0 Å². The summed E-state index contributed by atoms with van der Waals surface area (Å²) in [4.78, 5) is 0. The largest absolute Gasteiger partial charge is 0.392 e. The number of aliphatic hydroxyl groups is 1. The normalized spacial score (nSPS) is 44.6. The van der Waals surface area contributed by atoms with Crippen molar-refractivity contribution in [2.24, 2.45) is 23.2 Å². The van der Waals surface area contributed by atoms with Gasteiger partial charge < -0.3 is 5.11 Å². The van der Waals surface area contributed by atoms with Gasteiger partial charge in [-0.15, -0.1) is 0 Å². The number of hydrogen-bond acceptors (Lipinski definition) is 2. The van der Waals surface area contributed by atoms with Gasteiger partial charge in [-0.3, -0.25) is 0 Å². The van der Waals surface area contributed by atoms with Gasteiger partial charge in [0.15, 0.2) is 0 Å². The molecule has 2 heteroatoms. The Bertz CT molecular complexity index is 295. The summed E-state index contributed by atoms with van der Waals surface area (Å²) in [7, 11) is 0. The van der Waals surface area contributed by atoms with Gasteiger partial charge in [-0.05, 0) is 74.5 Å². The maximum atomic E-state index is 9.73. The lowest BCUT2D eigenvalue weighted by molar-refractivity contribution is -0.0626. The van der Waals surface area contributed by atoms with Gasteiger partial charge in [-0.25, -0.2) is 0 Å². The van der Waals surface area contributed by atoms with Crippen molar-refractivity contribution in [2.75, 3.05) is 0 Å². The molecule has 1 N–H and O–H groups in total. The van der Waals surface area contributed by atoms with E-state index in [1.807, 2.05) is 0 Å². The zero-order valence-corrected chi connectivity index (χ0v) is 10.6. The fraction of sp³-hybridized carbons (Fsp3) is 0.933. The van der Waals surface area contributed by atoms with Crippen molar-refractivity contribution in [3.63, 3.8) is 0 Å². The minimum Gasteiger partial charge on any atom is -0.392 e. The van der Waals surface area contributed by atoms with Crippen LogP contribution in [0.15, 0.2) is 0 Å². The lowest BCUT2D eigenvalue weighted by Gasteiger charge is -2.57. The van der Waals surface area contributed by atoms with E-state index in [-0.39, 0.29) is 6.10 Å². The van der Waals surface area contributed by atoms with Gasteiger partial charge in [0.05, 0.1) is 18.6 Å². The summed E-state index contributed by atoms with van der Waals surface area (Å²) in [5.74, 6) is 2.98. The lowest BCUT2D eigenvalue weighted by atomic mass is 9.48. The summed E-state index contributed by atoms with van der Waals surface area (Å²) in [5.41, 5.74) is 0.561. The maximum Gasteiger partial charge on any atom is 0.0670 e. The third-order valence-electron chi connectivity index (χ3n) is 5.50. The van der Waals surface area contributed by atoms with Crippen molar-refractivity contribution in [1.82, 2.24) is 0 Å². The fourth-order valence-corrected chi connectivity index (χ4v) is 5.28. The van der Waals surface area contributed by atoms with Gasteiger partial charge in [0.1, 0.15) is 0 Å². The molecule has 0 heterocycles. The summed E-state index contributed by atoms with van der Waals surface area (Å²) < 4.78 is 0. The highest BCUT2D eigenvalue weighted by molar-refractivity contribution is 5.01. The molecule has 4 bridgehead atoms. The van der Waals surface area contributed by atoms with E-state index in [1.165, 1.54) is 44.9 Å². The molecular weight excluding hydrogens is 210 g/mol. The predicted molar refractivity (Wildman–Crippen MR) is 66.1 cm³/mol. The van der Waals surface area contributed by atoms with Crippen LogP contribution in [0.4, 0.5) is 0 Å². The molecule has 0 radical (unpaired) electrons. The molecule has 17 heavy (non-hydrogen) atoms. The zero-order valence-electron chi connectivity index (χ0n) is 10.6. The molecule has 0 saturated heterocycles. The second-order valence-electron chi connectivity index (χ2n) is 6.97. The van der Waals surface area contributed by atoms with Gasteiger partial charge in [-0.2, -0.15) is 5.26 Å². The Kier molecular flexibility index (Phi) is 2.91. The van der Waals surface area contributed by atoms with Crippen LogP contribution in [0, 0.1) is 34.5 Å². The molecular formula is C15H23NO. The molecule has 0 aromatic rings. The predicted octanol–water partition coefficient (Wildman–Crippen LogP) is 3.26. The van der Waals surface area contributed by atoms with Gasteiger partial charge in [-0.1, -0.05) is 0 Å². The Morgan fingerprint density at radius 3 is 2.12 bits per heavy atom. The van der Waals surface area contributed by atoms with Crippen molar-refractivity contribution in [3.8, 4) is 6.07 Å². The molecule has 4 aliphatic carbocycles. The van der Waals surface area contributed by atoms with Crippen LogP contribution in [0.25, 0.3) is 0 Å². The van der Waals surface area contributed by atoms with Crippen molar-refractivity contribution in [3.05, 3.63) is 0 Å². The van der Waals surface area contributed by atoms with E-state index in [4.69, 9.17) is 5.26 Å². The molecule has 2 nitrogen and oxygen atoms in total. The summed E-state index contributed by atoms with van der Waals surface area (Å²) in [5, 5.41) is 18.3. The second kappa shape index (κ2) is 4.28. The van der Waals surface area contributed by atoms with Crippen LogP contribution in [0.5, 0.6) is 0 Å². The first kappa shape index (κ1) is 11.5. The molecule has 94 valence electrons. The van der Waals surface area contributed by atoms with Crippen LogP contribution >= 0.6 is 0 Å². The van der Waals surface area contributed by atoms with Crippen LogP contribution in [0.3, 0.4) is 0 Å². The molecule has 4 aliphatic rings. The van der Waals surface area contributed by atoms with Crippen LogP contribution in [-0.2, 0) is 0 Å². The van der Waals surface area contributed by atoms with Gasteiger partial charge in [0, 0.05) is 0 Å². The first-order valence-corrected chi connectivity index (χ1v) is 7.24. The van der Waals surface area contributed by atoms with Crippen molar-refractivity contribution in [2.45, 2.75) is 63.9 Å². The Balaban J connectivity index is 1.61. The quantitative estimate of drug-likeness (QED) is 0.810. The van der Waals surface area contributed by atoms with Crippen molar-refractivity contribution >= 4 is 0 Å². The third-order valence-corrected chi connectivity index (χ3v) is 5.50. The molecule has 0 spiro atoms. The van der Waals surface area contributed by atoms with E-state index in [1.54, 1.807) is 0 Å². The third kappa shape index (κ3) is 2.22. The highest BCUT2D eigenvalue weighted by atomic mass is 16.3. The number of nitriles is 1. The average Bonchev–Trinajstić information content (AvgIpc) is 2.25. The molecule has 1 atom stereocenters. The number of nitrogens with zero attached hydrogens (tertiary/aromatic N) is 1. The number of aliphatic hydroxyl groups excluding tert-OH is 1.